The second-order valence-electron chi connectivity index (χ2n) is 0.0913. The molecule has 0 atom stereocenters. The van der Waals surface area contributed by atoms with E-state index in [0.29, 0.717) is 6.47 Å². The summed E-state index contributed by atoms with van der Waals surface area (Å²) in [6, 6.07) is 0. The first-order valence-corrected chi connectivity index (χ1v) is 0.686. The minimum Gasteiger partial charge on any atom is -0.473 e. The molecule has 0 aromatic carbocycles. The first-order valence-electron chi connectivity index (χ1n) is 0.686. The van der Waals surface area contributed by atoms with Gasteiger partial charge in [-0.1, -0.05) is 0 Å². The monoisotopic (exact) mass is 72.0 g/mol. The van der Waals surface area contributed by atoms with Crippen molar-refractivity contribution in [3.8, 4) is 6.57 Å². The quantitative estimate of drug-likeness (QED) is 0.429. The molecule has 0 amide bonds. The van der Waals surface area contributed by atoms with Gasteiger partial charge in [0.05, 0.1) is 0 Å². The van der Waals surface area contributed by atoms with Crippen molar-refractivity contribution in [2.45, 2.75) is 0 Å². The lowest BCUT2D eigenvalue weighted by atomic mass is 11.7. The minimum absolute atomic E-state index is 0.500. The average molecular weight is 72.0 g/mol. The van der Waals surface area contributed by atoms with Gasteiger partial charge in [-0.05, 0) is 0 Å². The van der Waals surface area contributed by atoms with Crippen LogP contribution >= 0.6 is 0 Å². The Balaban J connectivity index is 0. The van der Waals surface area contributed by atoms with Crippen molar-refractivity contribution in [1.82, 2.24) is 0 Å². The third-order valence-electron chi connectivity index (χ3n) is 0. The number of hydrogen-bond donors (Lipinski definition) is 1. The summed E-state index contributed by atoms with van der Waals surface area (Å²) in [6.45, 7) is 4.00. The predicted octanol–water partition coefficient (Wildman–Crippen LogP) is -0.249. The molecule has 0 unspecified atom stereocenters. The van der Waals surface area contributed by atoms with E-state index in [2.05, 4.69) is 6.57 Å². The van der Waals surface area contributed by atoms with E-state index in [0.717, 1.165) is 0 Å². The van der Waals surface area contributed by atoms with Crippen molar-refractivity contribution in [2.75, 3.05) is 0 Å². The Bertz CT molecular complexity index is 31.9. The Morgan fingerprint density at radius 3 is 1.80 bits per heavy atom. The van der Waals surface area contributed by atoms with Crippen molar-refractivity contribution in [3.63, 3.8) is 0 Å². The summed E-state index contributed by atoms with van der Waals surface area (Å²) >= 11 is 0. The molecule has 5 heavy (non-hydrogen) atoms. The van der Waals surface area contributed by atoms with Crippen LogP contribution in [0.5, 0.6) is 0 Å². The fraction of sp³-hybridized carbons (Fsp3) is 0. The summed E-state index contributed by atoms with van der Waals surface area (Å²) in [5.41, 5.74) is 0. The number of nitrogens with zero attached hydrogens (tertiary/aromatic N) is 1. The molecule has 0 saturated heterocycles. The van der Waals surface area contributed by atoms with Crippen molar-refractivity contribution in [2.24, 2.45) is 0 Å². The maximum atomic E-state index is 8.24. The highest BCUT2D eigenvalue weighted by Gasteiger charge is 1.30. The van der Waals surface area contributed by atoms with Crippen LogP contribution in [-0.4, -0.2) is 11.6 Å². The Morgan fingerprint density at radius 2 is 1.80 bits per heavy atom. The molecular weight excluding hydrogens is 70.0 g/mol. The number of rotatable bonds is 0. The van der Waals surface area contributed by atoms with Crippen LogP contribution in [-0.2, 0) is 4.79 Å². The van der Waals surface area contributed by atoms with Crippen LogP contribution in [0, 0.1) is 11.8 Å². The van der Waals surface area contributed by atoms with E-state index >= 15 is 0 Å². The molecule has 0 aliphatic rings. The van der Waals surface area contributed by atoms with Gasteiger partial charge in [0.25, 0.3) is 0 Å². The normalized spacial score (nSPS) is 2.80. The van der Waals surface area contributed by atoms with Crippen LogP contribution in [0.4, 0.5) is 0 Å². The first kappa shape index (κ1) is 9.03. The zero-order chi connectivity index (χ0) is 4.71. The van der Waals surface area contributed by atoms with E-state index in [1.165, 1.54) is 0 Å². The molecule has 0 spiro atoms. The molecule has 0 fully saturated rings. The Kier molecular flexibility index (Phi) is 12800. The molecule has 0 bridgehead atoms. The fourth-order valence-corrected chi connectivity index (χ4v) is 0. The second kappa shape index (κ2) is 7110. The van der Waals surface area contributed by atoms with Crippen LogP contribution in [0.15, 0.2) is 0 Å². The number of aliphatic hydroxyl groups excluding tert-OH is 1. The molecule has 0 rings (SSSR count). The summed E-state index contributed by atoms with van der Waals surface area (Å²) < 4.78 is 0. The predicted molar refractivity (Wildman–Crippen MR) is 15.0 cm³/mol. The lowest BCUT2D eigenvalue weighted by Gasteiger charge is -1.29. The van der Waals surface area contributed by atoms with Gasteiger partial charge in [-0.15, -0.1) is 0 Å². The molecule has 0 aromatic heterocycles. The van der Waals surface area contributed by atoms with Gasteiger partial charge in [0, 0.05) is 6.57 Å². The van der Waals surface area contributed by atoms with Crippen LogP contribution in [0.25, 0.3) is 0 Å². The standard InChI is InChI=1S/CHN.CHO2/c1-2;2-1-3/h1H;(H,2,3). The van der Waals surface area contributed by atoms with Crippen molar-refractivity contribution >= 4 is 6.47 Å². The Morgan fingerprint density at radius 1 is 1.80 bits per heavy atom. The molecule has 1 N–H and O–H groups in total. The van der Waals surface area contributed by atoms with Gasteiger partial charge in [-0.2, -0.15) is 0 Å². The van der Waals surface area contributed by atoms with Gasteiger partial charge in [-0.3, -0.25) is 0 Å². The van der Waals surface area contributed by atoms with Gasteiger partial charge in [-0.25, -0.2) is 10.1 Å². The minimum atomic E-state index is 0.500. The Labute approximate surface area is 29.5 Å². The van der Waals surface area contributed by atoms with Gasteiger partial charge in [0.2, 0.25) is 0 Å². The highest BCUT2D eigenvalue weighted by Crippen LogP contribution is 0.973. The molecule has 0 aromatic rings. The van der Waals surface area contributed by atoms with Gasteiger partial charge in [0.15, 0.2) is 0 Å². The van der Waals surface area contributed by atoms with Gasteiger partial charge >= 0.3 is 6.47 Å². The second-order valence-corrected chi connectivity index (χ2v) is 0.0913. The topological polar surface area (TPSA) is 61.1 Å². The van der Waals surface area contributed by atoms with Crippen molar-refractivity contribution in [1.29, 1.82) is 5.26 Å². The van der Waals surface area contributed by atoms with E-state index in [4.69, 9.17) is 15.2 Å². The molecule has 0 heterocycles. The largest absolute Gasteiger partial charge is 0.473 e. The molecular formula is C2H2NO2. The average Bonchev–Trinajstić information content (AvgIpc) is 1.46. The first-order chi connectivity index (χ1) is 2.41. The van der Waals surface area contributed by atoms with Crippen LogP contribution in [0.1, 0.15) is 0 Å². The number of hydrogen-bond acceptors (Lipinski definition) is 2. The van der Waals surface area contributed by atoms with Crippen LogP contribution in [0.3, 0.4) is 0 Å². The molecule has 1 radical (unpaired) electrons. The van der Waals surface area contributed by atoms with Crippen molar-refractivity contribution < 1.29 is 9.90 Å². The zero-order valence-electron chi connectivity index (χ0n) is 2.38. The van der Waals surface area contributed by atoms with Crippen molar-refractivity contribution in [3.05, 3.63) is 0 Å². The molecule has 27 valence electrons. The van der Waals surface area contributed by atoms with Crippen LogP contribution < -0.4 is 0 Å². The molecule has 3 heteroatoms. The summed E-state index contributed by atoms with van der Waals surface area (Å²) in [5, 5.41) is 13.3. The van der Waals surface area contributed by atoms with E-state index < -0.39 is 0 Å². The van der Waals surface area contributed by atoms with Gasteiger partial charge in [0.1, 0.15) is 0 Å². The molecule has 3 nitrogen and oxygen atoms in total. The lowest BCUT2D eigenvalue weighted by Crippen LogP contribution is -1.48. The zero-order valence-corrected chi connectivity index (χ0v) is 2.38. The highest BCUT2D eigenvalue weighted by atomic mass is 16.3. The fourth-order valence-electron chi connectivity index (χ4n) is 0. The molecule has 0 saturated carbocycles. The smallest absolute Gasteiger partial charge is 0.414 e. The van der Waals surface area contributed by atoms with Crippen LogP contribution in [0.2, 0.25) is 0 Å². The SMILES string of the molecule is C#N.O=[C]O. The third kappa shape index (κ3) is 2.52. The van der Waals surface area contributed by atoms with E-state index in [1.807, 2.05) is 0 Å². The summed E-state index contributed by atoms with van der Waals surface area (Å²) in [6.07, 6.45) is 0. The molecule has 0 aliphatic carbocycles. The summed E-state index contributed by atoms with van der Waals surface area (Å²) in [4.78, 5) is 8.24. The Hall–Kier alpha value is -1.04. The van der Waals surface area contributed by atoms with E-state index in [-0.39, 0.29) is 0 Å². The lowest BCUT2D eigenvalue weighted by molar-refractivity contribution is 0.437. The summed E-state index contributed by atoms with van der Waals surface area (Å²) in [7, 11) is 0. The maximum Gasteiger partial charge on any atom is 0.414 e. The summed E-state index contributed by atoms with van der Waals surface area (Å²) in [5.74, 6) is 0. The van der Waals surface area contributed by atoms with Gasteiger partial charge < -0.3 is 5.11 Å². The third-order valence-corrected chi connectivity index (χ3v) is 0. The number of nitriles is 1. The molecule has 0 aliphatic heterocycles. The van der Waals surface area contributed by atoms with E-state index in [9.17, 15) is 0 Å². The van der Waals surface area contributed by atoms with E-state index in [1.54, 1.807) is 0 Å². The maximum absolute atomic E-state index is 8.24. The highest BCUT2D eigenvalue weighted by molar-refractivity contribution is 5.34.